The number of rotatable bonds is 39. The molecule has 0 aromatic heterocycles. The highest BCUT2D eigenvalue weighted by Crippen LogP contribution is 2.23. The predicted molar refractivity (Wildman–Crippen MR) is 351 cm³/mol. The lowest BCUT2D eigenvalue weighted by molar-refractivity contribution is -0.144. The van der Waals surface area contributed by atoms with E-state index in [-0.39, 0.29) is 19.1 Å². The number of unbranched alkanes of at least 4 members (excludes halogenated alkanes) is 11. The number of piperazine rings is 1. The van der Waals surface area contributed by atoms with Gasteiger partial charge < -0.3 is 30.1 Å². The molecule has 4 N–H and O–H groups in total. The summed E-state index contributed by atoms with van der Waals surface area (Å²) in [6.07, 6.45) is 26.7. The van der Waals surface area contributed by atoms with Crippen LogP contribution in [0.1, 0.15) is 136 Å². The molecule has 0 spiro atoms. The van der Waals surface area contributed by atoms with E-state index in [0.717, 1.165) is 109 Å². The van der Waals surface area contributed by atoms with E-state index < -0.39 is 24.4 Å². The molecule has 1 saturated heterocycles. The maximum atomic E-state index is 12.8. The molecule has 4 atom stereocenters. The Hall–Kier alpha value is -7.19. The number of carbonyl (C=O) groups excluding carboxylic acids is 1. The molecule has 10 nitrogen and oxygen atoms in total. The van der Waals surface area contributed by atoms with Gasteiger partial charge in [0.15, 0.2) is 0 Å². The van der Waals surface area contributed by atoms with Gasteiger partial charge in [0, 0.05) is 76.8 Å². The Morgan fingerprint density at radius 3 is 1.21 bits per heavy atom. The standard InChI is InChI=1S/C73H84N4O6S2/c1-5-9-13-17-21-23-25-27-29-31-33-35-39-43-51-69(78)65-76(66-70(79)52-44-40-36-34-32-30-28-26-24-22-18-14-10-6-2)54-45-46-63-84-85-64-48-56-74-57-59-75(60-58-74)61-62-83-73(82)53-47-55-77(67-71(80)49-41-37-19-15-11-7-3)68-72(81)50-42-38-20-16-12-8-4/h1-2,69-72,78-81H,7-8,11-12,15-16,19-20,37-38,41-42,45-50,53-68H2,3-4H3. The minimum atomic E-state index is -1.03. The average molecular weight is 1180 g/mol. The third-order valence-corrected chi connectivity index (χ3v) is 15.0. The SMILES string of the molecule is C#CC#CC#CC#CC#CC#CC#CC#CC(O)CN(CCCCSSCCCN1CCN(CCOC(=O)CCCN(CC(O)CCCCCCCC)CC(O)CCCCCCCC)CC1)CC(O)C#CC#CC#CC#CC#CC#CC#CC#C. The van der Waals surface area contributed by atoms with Gasteiger partial charge in [0.25, 0.3) is 0 Å². The Balaban J connectivity index is 2.55. The van der Waals surface area contributed by atoms with Crippen LogP contribution in [0.25, 0.3) is 0 Å². The molecule has 1 fully saturated rings. The first-order valence-corrected chi connectivity index (χ1v) is 32.1. The third-order valence-electron chi connectivity index (χ3n) is 12.4. The highest BCUT2D eigenvalue weighted by atomic mass is 33.1. The van der Waals surface area contributed by atoms with Crippen molar-refractivity contribution in [3.63, 3.8) is 0 Å². The molecule has 444 valence electrons. The molecule has 1 aliphatic heterocycles. The van der Waals surface area contributed by atoms with Gasteiger partial charge in [0.05, 0.1) is 12.2 Å². The second-order valence-electron chi connectivity index (χ2n) is 19.5. The van der Waals surface area contributed by atoms with Gasteiger partial charge in [-0.15, -0.1) is 12.8 Å². The summed E-state index contributed by atoms with van der Waals surface area (Å²) >= 11 is 0. The summed E-state index contributed by atoms with van der Waals surface area (Å²) < 4.78 is 5.67. The highest BCUT2D eigenvalue weighted by Gasteiger charge is 2.19. The maximum Gasteiger partial charge on any atom is 0.305 e. The van der Waals surface area contributed by atoms with Crippen molar-refractivity contribution in [1.29, 1.82) is 0 Å². The van der Waals surface area contributed by atoms with Crippen LogP contribution in [-0.2, 0) is 9.53 Å². The zero-order chi connectivity index (χ0) is 61.6. The molecule has 0 aromatic rings. The summed E-state index contributed by atoms with van der Waals surface area (Å²) in [6.45, 7) is 13.1. The van der Waals surface area contributed by atoms with Crippen LogP contribution in [0.15, 0.2) is 0 Å². The number of nitrogens with zero attached hydrogens (tertiary/aromatic N) is 4. The molecule has 0 bridgehead atoms. The first-order chi connectivity index (χ1) is 41.7. The first-order valence-electron chi connectivity index (χ1n) is 29.6. The summed E-state index contributed by atoms with van der Waals surface area (Å²) in [5.74, 6) is 76.9. The van der Waals surface area contributed by atoms with E-state index in [0.29, 0.717) is 45.6 Å². The van der Waals surface area contributed by atoms with Crippen LogP contribution in [0.2, 0.25) is 0 Å². The number of hydrogen-bond donors (Lipinski definition) is 4. The van der Waals surface area contributed by atoms with Crippen molar-refractivity contribution >= 4 is 27.6 Å². The molecular formula is C73H84N4O6S2. The van der Waals surface area contributed by atoms with E-state index in [9.17, 15) is 25.2 Å². The quantitative estimate of drug-likeness (QED) is 0.0238. The van der Waals surface area contributed by atoms with E-state index in [4.69, 9.17) is 17.6 Å². The van der Waals surface area contributed by atoms with Crippen molar-refractivity contribution in [3.05, 3.63) is 0 Å². The molecule has 0 aliphatic carbocycles. The maximum absolute atomic E-state index is 12.8. The number of esters is 1. The minimum absolute atomic E-state index is 0.173. The van der Waals surface area contributed by atoms with Crippen LogP contribution in [0, 0.1) is 190 Å². The van der Waals surface area contributed by atoms with E-state index in [2.05, 4.69) is 206 Å². The fourth-order valence-corrected chi connectivity index (χ4v) is 10.4. The lowest BCUT2D eigenvalue weighted by Gasteiger charge is -2.34. The van der Waals surface area contributed by atoms with Crippen molar-refractivity contribution in [1.82, 2.24) is 19.6 Å². The van der Waals surface area contributed by atoms with Gasteiger partial charge in [-0.3, -0.25) is 19.5 Å². The Morgan fingerprint density at radius 1 is 0.435 bits per heavy atom. The number of terminal acetylenes is 2. The van der Waals surface area contributed by atoms with Gasteiger partial charge in [-0.1, -0.05) is 124 Å². The summed E-state index contributed by atoms with van der Waals surface area (Å²) in [5, 5.41) is 43.2. The molecule has 0 amide bonds. The molecule has 0 aromatic carbocycles. The summed E-state index contributed by atoms with van der Waals surface area (Å²) in [5.41, 5.74) is 0. The smallest absolute Gasteiger partial charge is 0.305 e. The molecule has 0 saturated carbocycles. The van der Waals surface area contributed by atoms with Gasteiger partial charge in [-0.2, -0.15) is 0 Å². The monoisotopic (exact) mass is 1180 g/mol. The minimum Gasteiger partial charge on any atom is -0.464 e. The molecule has 4 unspecified atom stereocenters. The van der Waals surface area contributed by atoms with Crippen molar-refractivity contribution in [2.75, 3.05) is 96.6 Å². The number of aliphatic hydroxyl groups excluding tert-OH is 4. The summed E-state index contributed by atoms with van der Waals surface area (Å²) in [7, 11) is 3.74. The largest absolute Gasteiger partial charge is 0.464 e. The van der Waals surface area contributed by atoms with Crippen LogP contribution in [0.3, 0.4) is 0 Å². The second kappa shape index (κ2) is 58.6. The third kappa shape index (κ3) is 52.1. The van der Waals surface area contributed by atoms with Crippen molar-refractivity contribution in [3.8, 4) is 190 Å². The lowest BCUT2D eigenvalue weighted by atomic mass is 10.1. The topological polar surface area (TPSA) is 120 Å². The van der Waals surface area contributed by atoms with Gasteiger partial charge in [0.2, 0.25) is 0 Å². The van der Waals surface area contributed by atoms with Crippen LogP contribution >= 0.6 is 21.6 Å². The van der Waals surface area contributed by atoms with E-state index in [1.54, 1.807) is 0 Å². The van der Waals surface area contributed by atoms with Crippen molar-refractivity contribution < 1.29 is 30.0 Å². The molecule has 1 heterocycles. The van der Waals surface area contributed by atoms with Crippen LogP contribution in [-0.4, -0.2) is 167 Å². The molecule has 1 rings (SSSR count). The Morgan fingerprint density at radius 2 is 0.788 bits per heavy atom. The second-order valence-corrected chi connectivity index (χ2v) is 22.2. The summed E-state index contributed by atoms with van der Waals surface area (Å²) in [4.78, 5) is 21.7. The van der Waals surface area contributed by atoms with Crippen molar-refractivity contribution in [2.24, 2.45) is 0 Å². The number of hydrogen-bond acceptors (Lipinski definition) is 12. The number of ether oxygens (including phenoxy) is 1. The van der Waals surface area contributed by atoms with E-state index in [1.165, 1.54) is 51.4 Å². The fraction of sp³-hybridized carbons (Fsp3) is 0.548. The zero-order valence-corrected chi connectivity index (χ0v) is 51.8. The first kappa shape index (κ1) is 75.8. The van der Waals surface area contributed by atoms with E-state index in [1.807, 2.05) is 26.5 Å². The molecule has 12 heteroatoms. The lowest BCUT2D eigenvalue weighted by Crippen LogP contribution is -2.47. The van der Waals surface area contributed by atoms with Crippen molar-refractivity contribution in [2.45, 2.75) is 160 Å². The normalized spacial score (nSPS) is 12.1. The Bertz CT molecular complexity index is 2810. The highest BCUT2D eigenvalue weighted by molar-refractivity contribution is 8.76. The van der Waals surface area contributed by atoms with Crippen LogP contribution in [0.5, 0.6) is 0 Å². The molecule has 85 heavy (non-hydrogen) atoms. The Labute approximate surface area is 521 Å². The fourth-order valence-electron chi connectivity index (χ4n) is 8.20. The number of aliphatic hydroxyl groups is 4. The van der Waals surface area contributed by atoms with Gasteiger partial charge >= 0.3 is 5.97 Å². The van der Waals surface area contributed by atoms with Gasteiger partial charge in [-0.25, -0.2) is 0 Å². The average Bonchev–Trinajstić information content (AvgIpc) is 3.54. The molecule has 1 aliphatic rings. The number of carbonyl (C=O) groups is 1. The van der Waals surface area contributed by atoms with Gasteiger partial charge in [-0.05, 0) is 224 Å². The summed E-state index contributed by atoms with van der Waals surface area (Å²) in [6, 6.07) is 0. The van der Waals surface area contributed by atoms with Gasteiger partial charge in [0.1, 0.15) is 18.8 Å². The molecule has 0 radical (unpaired) electrons. The van der Waals surface area contributed by atoms with Crippen LogP contribution in [0.4, 0.5) is 0 Å². The predicted octanol–water partition coefficient (Wildman–Crippen LogP) is 6.34. The molecular weight excluding hydrogens is 1090 g/mol. The Kier molecular flexibility index (Phi) is 52.3. The van der Waals surface area contributed by atoms with Crippen LogP contribution < -0.4 is 0 Å². The van der Waals surface area contributed by atoms with E-state index >= 15 is 0 Å². The zero-order valence-electron chi connectivity index (χ0n) is 50.2.